The van der Waals surface area contributed by atoms with Gasteiger partial charge in [-0.1, -0.05) is 18.2 Å². The summed E-state index contributed by atoms with van der Waals surface area (Å²) in [6.07, 6.45) is 1.83. The number of benzene rings is 1. The molecule has 0 atom stereocenters. The summed E-state index contributed by atoms with van der Waals surface area (Å²) < 4.78 is 1.81. The number of pyridine rings is 1. The van der Waals surface area contributed by atoms with Gasteiger partial charge in [-0.05, 0) is 29.8 Å². The van der Waals surface area contributed by atoms with E-state index in [0.717, 1.165) is 10.5 Å². The first-order chi connectivity index (χ1) is 13.1. The number of rotatable bonds is 5. The molecule has 0 aliphatic carbocycles. The molecule has 1 aliphatic heterocycles. The Morgan fingerprint density at radius 3 is 2.67 bits per heavy atom. The summed E-state index contributed by atoms with van der Waals surface area (Å²) in [5, 5.41) is 13.4. The molecular formula is C18H16N6O3. The van der Waals surface area contributed by atoms with E-state index in [9.17, 15) is 14.4 Å². The highest BCUT2D eigenvalue weighted by Crippen LogP contribution is 2.11. The van der Waals surface area contributed by atoms with Crippen LogP contribution in [0.1, 0.15) is 21.7 Å². The number of aromatic nitrogens is 3. The van der Waals surface area contributed by atoms with Crippen molar-refractivity contribution in [3.63, 3.8) is 0 Å². The summed E-state index contributed by atoms with van der Waals surface area (Å²) in [6, 6.07) is 11.9. The highest BCUT2D eigenvalue weighted by Gasteiger charge is 2.28. The molecule has 1 aliphatic rings. The SMILES string of the molecule is O=C(NCc1nnc2ccccn12)c1ccc(CN2C(=O)CNC2=O)cc1. The van der Waals surface area contributed by atoms with Crippen LogP contribution >= 0.6 is 0 Å². The van der Waals surface area contributed by atoms with Crippen molar-refractivity contribution in [3.8, 4) is 0 Å². The van der Waals surface area contributed by atoms with Crippen molar-refractivity contribution in [2.45, 2.75) is 13.1 Å². The molecule has 4 rings (SSSR count). The van der Waals surface area contributed by atoms with Gasteiger partial charge in [0, 0.05) is 11.8 Å². The number of carbonyl (C=O) groups excluding carboxylic acids is 3. The van der Waals surface area contributed by atoms with Gasteiger partial charge in [-0.25, -0.2) is 4.79 Å². The average Bonchev–Trinajstić information content (AvgIpc) is 3.25. The zero-order valence-electron chi connectivity index (χ0n) is 14.3. The second-order valence-corrected chi connectivity index (χ2v) is 6.06. The van der Waals surface area contributed by atoms with Crippen LogP contribution in [0.5, 0.6) is 0 Å². The lowest BCUT2D eigenvalue weighted by molar-refractivity contribution is -0.125. The lowest BCUT2D eigenvalue weighted by Gasteiger charge is -2.12. The zero-order chi connectivity index (χ0) is 18.8. The fraction of sp³-hybridized carbons (Fsp3) is 0.167. The molecule has 0 spiro atoms. The van der Waals surface area contributed by atoms with E-state index in [1.807, 2.05) is 28.8 Å². The zero-order valence-corrected chi connectivity index (χ0v) is 14.3. The lowest BCUT2D eigenvalue weighted by atomic mass is 10.1. The normalized spacial score (nSPS) is 13.9. The Morgan fingerprint density at radius 2 is 1.93 bits per heavy atom. The van der Waals surface area contributed by atoms with Gasteiger partial charge in [-0.15, -0.1) is 10.2 Å². The number of carbonyl (C=O) groups is 3. The van der Waals surface area contributed by atoms with Crippen LogP contribution in [-0.4, -0.2) is 43.9 Å². The van der Waals surface area contributed by atoms with E-state index in [-0.39, 0.29) is 31.4 Å². The molecule has 136 valence electrons. The van der Waals surface area contributed by atoms with E-state index >= 15 is 0 Å². The molecule has 0 radical (unpaired) electrons. The number of amides is 4. The smallest absolute Gasteiger partial charge is 0.324 e. The molecule has 1 saturated heterocycles. The topological polar surface area (TPSA) is 109 Å². The van der Waals surface area contributed by atoms with Gasteiger partial charge < -0.3 is 10.6 Å². The number of hydrogen-bond acceptors (Lipinski definition) is 5. The van der Waals surface area contributed by atoms with E-state index in [1.165, 1.54) is 0 Å². The molecule has 2 aromatic heterocycles. The van der Waals surface area contributed by atoms with Gasteiger partial charge in [0.15, 0.2) is 11.5 Å². The Labute approximate surface area is 154 Å². The van der Waals surface area contributed by atoms with Crippen molar-refractivity contribution in [3.05, 3.63) is 65.6 Å². The maximum atomic E-state index is 12.3. The van der Waals surface area contributed by atoms with Crippen LogP contribution in [0.25, 0.3) is 5.65 Å². The molecule has 27 heavy (non-hydrogen) atoms. The van der Waals surface area contributed by atoms with E-state index < -0.39 is 6.03 Å². The van der Waals surface area contributed by atoms with Crippen molar-refractivity contribution >= 4 is 23.5 Å². The van der Waals surface area contributed by atoms with Crippen LogP contribution in [0.15, 0.2) is 48.7 Å². The number of nitrogens with zero attached hydrogens (tertiary/aromatic N) is 4. The molecule has 0 bridgehead atoms. The van der Waals surface area contributed by atoms with Gasteiger partial charge in [-0.3, -0.25) is 18.9 Å². The Balaban J connectivity index is 1.39. The third kappa shape index (κ3) is 3.34. The maximum absolute atomic E-state index is 12.3. The average molecular weight is 364 g/mol. The molecule has 3 aromatic rings. The Bertz CT molecular complexity index is 1010. The number of nitrogens with one attached hydrogen (secondary N) is 2. The van der Waals surface area contributed by atoms with Gasteiger partial charge in [0.1, 0.15) is 0 Å². The quantitative estimate of drug-likeness (QED) is 0.648. The summed E-state index contributed by atoms with van der Waals surface area (Å²) in [4.78, 5) is 36.7. The second kappa shape index (κ2) is 6.87. The first-order valence-corrected chi connectivity index (χ1v) is 8.36. The Morgan fingerprint density at radius 1 is 1.11 bits per heavy atom. The number of imide groups is 1. The highest BCUT2D eigenvalue weighted by molar-refractivity contribution is 6.01. The fourth-order valence-electron chi connectivity index (χ4n) is 2.83. The third-order valence-corrected chi connectivity index (χ3v) is 4.29. The van der Waals surface area contributed by atoms with Crippen LogP contribution in [0.4, 0.5) is 4.79 Å². The number of fused-ring (bicyclic) bond motifs is 1. The summed E-state index contributed by atoms with van der Waals surface area (Å²) in [6.45, 7) is 0.448. The minimum absolute atomic E-state index is 0.0244. The number of hydrogen-bond donors (Lipinski definition) is 2. The molecular weight excluding hydrogens is 348 g/mol. The van der Waals surface area contributed by atoms with Crippen LogP contribution in [-0.2, 0) is 17.9 Å². The predicted molar refractivity (Wildman–Crippen MR) is 94.5 cm³/mol. The van der Waals surface area contributed by atoms with Crippen LogP contribution < -0.4 is 10.6 Å². The van der Waals surface area contributed by atoms with Crippen molar-refractivity contribution in [1.29, 1.82) is 0 Å². The highest BCUT2D eigenvalue weighted by atomic mass is 16.2. The van der Waals surface area contributed by atoms with E-state index in [4.69, 9.17) is 0 Å². The largest absolute Gasteiger partial charge is 0.345 e. The Hall–Kier alpha value is -3.75. The Kier molecular flexibility index (Phi) is 4.25. The van der Waals surface area contributed by atoms with Crippen molar-refractivity contribution in [2.75, 3.05) is 6.54 Å². The van der Waals surface area contributed by atoms with Crippen molar-refractivity contribution in [1.82, 2.24) is 30.1 Å². The standard InChI is InChI=1S/C18H16N6O3/c25-16-10-20-18(27)24(16)11-12-4-6-13(7-5-12)17(26)19-9-15-22-21-14-3-1-2-8-23(14)15/h1-8H,9-11H2,(H,19,26)(H,20,27). The molecule has 9 heteroatoms. The molecule has 0 saturated carbocycles. The van der Waals surface area contributed by atoms with Gasteiger partial charge >= 0.3 is 6.03 Å². The summed E-state index contributed by atoms with van der Waals surface area (Å²) >= 11 is 0. The minimum atomic E-state index is -0.401. The number of urea groups is 1. The first-order valence-electron chi connectivity index (χ1n) is 8.36. The molecule has 2 N–H and O–H groups in total. The van der Waals surface area contributed by atoms with E-state index in [1.54, 1.807) is 24.3 Å². The van der Waals surface area contributed by atoms with Gasteiger partial charge in [0.05, 0.1) is 19.6 Å². The summed E-state index contributed by atoms with van der Waals surface area (Å²) in [5.41, 5.74) is 1.96. The van der Waals surface area contributed by atoms with E-state index in [2.05, 4.69) is 20.8 Å². The summed E-state index contributed by atoms with van der Waals surface area (Å²) in [7, 11) is 0. The molecule has 1 aromatic carbocycles. The maximum Gasteiger partial charge on any atom is 0.324 e. The third-order valence-electron chi connectivity index (χ3n) is 4.29. The van der Waals surface area contributed by atoms with Crippen molar-refractivity contribution in [2.24, 2.45) is 0 Å². The molecule has 4 amide bonds. The van der Waals surface area contributed by atoms with Crippen molar-refractivity contribution < 1.29 is 14.4 Å². The van der Waals surface area contributed by atoms with Crippen LogP contribution in [0.3, 0.4) is 0 Å². The predicted octanol–water partition coefficient (Wildman–Crippen LogP) is 0.711. The monoisotopic (exact) mass is 364 g/mol. The second-order valence-electron chi connectivity index (χ2n) is 6.06. The minimum Gasteiger partial charge on any atom is -0.345 e. The van der Waals surface area contributed by atoms with Crippen LogP contribution in [0.2, 0.25) is 0 Å². The summed E-state index contributed by atoms with van der Waals surface area (Å²) in [5.74, 6) is 0.126. The van der Waals surface area contributed by atoms with Crippen LogP contribution in [0, 0.1) is 0 Å². The van der Waals surface area contributed by atoms with Gasteiger partial charge in [0.2, 0.25) is 5.91 Å². The molecule has 1 fully saturated rings. The molecule has 0 unspecified atom stereocenters. The first kappa shape index (κ1) is 16.7. The lowest BCUT2D eigenvalue weighted by Crippen LogP contribution is -2.30. The van der Waals surface area contributed by atoms with Gasteiger partial charge in [-0.2, -0.15) is 0 Å². The fourth-order valence-corrected chi connectivity index (χ4v) is 2.83. The molecule has 3 heterocycles. The van der Waals surface area contributed by atoms with E-state index in [0.29, 0.717) is 17.0 Å². The van der Waals surface area contributed by atoms with Gasteiger partial charge in [0.25, 0.3) is 5.91 Å². The molecule has 9 nitrogen and oxygen atoms in total.